The van der Waals surface area contributed by atoms with Crippen molar-refractivity contribution in [3.8, 4) is 11.4 Å². The molecule has 8 nitrogen and oxygen atoms in total. The fourth-order valence-electron chi connectivity index (χ4n) is 4.00. The Kier molecular flexibility index (Phi) is 6.56. The molecular weight excluding hydrogens is 476 g/mol. The van der Waals surface area contributed by atoms with E-state index >= 15 is 0 Å². The van der Waals surface area contributed by atoms with Gasteiger partial charge >= 0.3 is 0 Å². The third-order valence-corrected chi connectivity index (χ3v) is 7.69. The second-order valence-corrected chi connectivity index (χ2v) is 10.6. The fourth-order valence-corrected chi connectivity index (χ4v) is 5.44. The number of nitrogens with zero attached hydrogens (tertiary/aromatic N) is 4. The Hall–Kier alpha value is -3.44. The zero-order valence-electron chi connectivity index (χ0n) is 19.3. The molecule has 4 rings (SSSR count). The number of sulfonamides is 1. The van der Waals surface area contributed by atoms with Crippen LogP contribution >= 0.6 is 0 Å². The summed E-state index contributed by atoms with van der Waals surface area (Å²) in [6, 6.07) is 11.5. The Morgan fingerprint density at radius 1 is 1.06 bits per heavy atom. The van der Waals surface area contributed by atoms with Crippen molar-refractivity contribution in [2.45, 2.75) is 37.5 Å². The summed E-state index contributed by atoms with van der Waals surface area (Å²) in [6.45, 7) is 3.45. The number of carbonyl (C=O) groups excluding carboxylic acids is 1. The molecule has 1 aliphatic heterocycles. The van der Waals surface area contributed by atoms with Gasteiger partial charge in [-0.1, -0.05) is 29.3 Å². The maximum absolute atomic E-state index is 13.4. The molecule has 1 amide bonds. The van der Waals surface area contributed by atoms with Gasteiger partial charge in [-0.05, 0) is 43.7 Å². The van der Waals surface area contributed by atoms with Crippen molar-refractivity contribution < 1.29 is 22.0 Å². The molecule has 0 spiro atoms. The van der Waals surface area contributed by atoms with Gasteiger partial charge in [0.2, 0.25) is 10.0 Å². The average Bonchev–Trinajstić information content (AvgIpc) is 3.25. The summed E-state index contributed by atoms with van der Waals surface area (Å²) in [7, 11) is -3.93. The summed E-state index contributed by atoms with van der Waals surface area (Å²) in [5.41, 5.74) is 9.02. The first-order valence-corrected chi connectivity index (χ1v) is 12.4. The summed E-state index contributed by atoms with van der Waals surface area (Å²) >= 11 is 0. The van der Waals surface area contributed by atoms with Gasteiger partial charge in [0.25, 0.3) is 11.8 Å². The Balaban J connectivity index is 1.59. The van der Waals surface area contributed by atoms with Crippen molar-refractivity contribution in [1.82, 2.24) is 19.1 Å². The van der Waals surface area contributed by atoms with E-state index in [0.29, 0.717) is 11.4 Å². The predicted molar refractivity (Wildman–Crippen MR) is 128 cm³/mol. The molecule has 0 radical (unpaired) electrons. The molecule has 2 heterocycles. The van der Waals surface area contributed by atoms with Crippen LogP contribution in [0.1, 0.15) is 29.5 Å². The second-order valence-electron chi connectivity index (χ2n) is 8.62. The Morgan fingerprint density at radius 3 is 2.23 bits per heavy atom. The SMILES string of the molecule is Cc1cc(C)cc(-c2ncn(/C=C(/C(N)=O)c3ccc(S(=O)(=O)N4CCC(F)(F)CC4)cc3)n2)c1. The zero-order valence-corrected chi connectivity index (χ0v) is 20.1. The molecule has 1 saturated heterocycles. The number of amides is 1. The Morgan fingerprint density at radius 2 is 1.66 bits per heavy atom. The van der Waals surface area contributed by atoms with Gasteiger partial charge in [-0.25, -0.2) is 26.9 Å². The molecule has 0 bridgehead atoms. The Labute approximate surface area is 202 Å². The molecular formula is C24H25F2N5O3S. The van der Waals surface area contributed by atoms with Crippen molar-refractivity contribution >= 4 is 27.7 Å². The monoisotopic (exact) mass is 501 g/mol. The highest BCUT2D eigenvalue weighted by Gasteiger charge is 2.38. The number of halogens is 2. The number of aryl methyl sites for hydroxylation is 2. The fraction of sp³-hybridized carbons (Fsp3) is 0.292. The molecule has 2 aromatic carbocycles. The van der Waals surface area contributed by atoms with E-state index in [9.17, 15) is 22.0 Å². The molecule has 0 atom stereocenters. The lowest BCUT2D eigenvalue weighted by Gasteiger charge is -2.30. The molecule has 0 aliphatic carbocycles. The van der Waals surface area contributed by atoms with Crippen LogP contribution in [0.25, 0.3) is 23.2 Å². The lowest BCUT2D eigenvalue weighted by molar-refractivity contribution is -0.112. The van der Waals surface area contributed by atoms with Crippen molar-refractivity contribution in [2.24, 2.45) is 5.73 Å². The maximum atomic E-state index is 13.4. The lowest BCUT2D eigenvalue weighted by Crippen LogP contribution is -2.42. The summed E-state index contributed by atoms with van der Waals surface area (Å²) in [5.74, 6) is -3.11. The largest absolute Gasteiger partial charge is 0.366 e. The highest BCUT2D eigenvalue weighted by Crippen LogP contribution is 2.31. The van der Waals surface area contributed by atoms with Crippen molar-refractivity contribution in [2.75, 3.05) is 13.1 Å². The summed E-state index contributed by atoms with van der Waals surface area (Å²) in [4.78, 5) is 16.4. The third-order valence-electron chi connectivity index (χ3n) is 5.77. The lowest BCUT2D eigenvalue weighted by atomic mass is 10.1. The molecule has 3 aromatic rings. The molecule has 1 aliphatic rings. The number of hydrogen-bond acceptors (Lipinski definition) is 5. The van der Waals surface area contributed by atoms with Gasteiger partial charge in [-0.3, -0.25) is 4.79 Å². The van der Waals surface area contributed by atoms with Crippen LogP contribution in [0.15, 0.2) is 53.7 Å². The van der Waals surface area contributed by atoms with E-state index in [1.165, 1.54) is 41.5 Å². The first-order valence-electron chi connectivity index (χ1n) is 10.9. The van der Waals surface area contributed by atoms with E-state index in [-0.39, 0.29) is 23.6 Å². The second kappa shape index (κ2) is 9.31. The van der Waals surface area contributed by atoms with Crippen LogP contribution < -0.4 is 5.73 Å². The van der Waals surface area contributed by atoms with Gasteiger partial charge in [0.1, 0.15) is 6.33 Å². The van der Waals surface area contributed by atoms with Crippen LogP contribution in [0, 0.1) is 13.8 Å². The van der Waals surface area contributed by atoms with Crippen LogP contribution in [0.5, 0.6) is 0 Å². The number of hydrogen-bond donors (Lipinski definition) is 1. The standard InChI is InChI=1S/C24H25F2N5O3S/c1-16-11-17(2)13-19(12-16)23-28-15-30(29-23)14-21(22(27)32)18-3-5-20(6-4-18)35(33,34)31-9-7-24(25,26)8-10-31/h3-6,11-15H,7-10H2,1-2H3,(H2,27,32)/b21-14+. The summed E-state index contributed by atoms with van der Waals surface area (Å²) < 4.78 is 54.9. The quantitative estimate of drug-likeness (QED) is 0.520. The highest BCUT2D eigenvalue weighted by molar-refractivity contribution is 7.89. The van der Waals surface area contributed by atoms with Gasteiger partial charge in [0.05, 0.1) is 10.5 Å². The minimum absolute atomic E-state index is 0.0480. The number of piperidine rings is 1. The van der Waals surface area contributed by atoms with E-state index in [1.807, 2.05) is 32.0 Å². The predicted octanol–water partition coefficient (Wildman–Crippen LogP) is 3.47. The van der Waals surface area contributed by atoms with E-state index < -0.39 is 34.7 Å². The number of carbonyl (C=O) groups is 1. The molecule has 184 valence electrons. The molecule has 1 fully saturated rings. The molecule has 35 heavy (non-hydrogen) atoms. The molecule has 0 saturated carbocycles. The highest BCUT2D eigenvalue weighted by atomic mass is 32.2. The summed E-state index contributed by atoms with van der Waals surface area (Å²) in [6.07, 6.45) is 1.83. The van der Waals surface area contributed by atoms with Gasteiger partial charge in [0, 0.05) is 37.7 Å². The average molecular weight is 502 g/mol. The first kappa shape index (κ1) is 24.7. The van der Waals surface area contributed by atoms with Crippen molar-refractivity contribution in [1.29, 1.82) is 0 Å². The van der Waals surface area contributed by atoms with E-state index in [2.05, 4.69) is 10.1 Å². The van der Waals surface area contributed by atoms with Crippen LogP contribution in [-0.2, 0) is 14.8 Å². The topological polar surface area (TPSA) is 111 Å². The number of nitrogens with two attached hydrogens (primary N) is 1. The molecule has 0 unspecified atom stereocenters. The van der Waals surface area contributed by atoms with Gasteiger partial charge in [0.15, 0.2) is 5.82 Å². The van der Waals surface area contributed by atoms with Gasteiger partial charge in [-0.15, -0.1) is 5.10 Å². The number of primary amides is 1. The minimum atomic E-state index is -3.93. The summed E-state index contributed by atoms with van der Waals surface area (Å²) in [5, 5.41) is 4.40. The van der Waals surface area contributed by atoms with Crippen molar-refractivity contribution in [3.05, 3.63) is 65.5 Å². The molecule has 11 heteroatoms. The zero-order chi connectivity index (χ0) is 25.4. The van der Waals surface area contributed by atoms with Crippen molar-refractivity contribution in [3.63, 3.8) is 0 Å². The molecule has 1 aromatic heterocycles. The smallest absolute Gasteiger partial charge is 0.250 e. The van der Waals surface area contributed by atoms with Crippen LogP contribution in [0.2, 0.25) is 0 Å². The third kappa shape index (κ3) is 5.46. The first-order chi connectivity index (χ1) is 16.4. The van der Waals surface area contributed by atoms with Crippen LogP contribution in [0.4, 0.5) is 8.78 Å². The van der Waals surface area contributed by atoms with E-state index in [0.717, 1.165) is 21.0 Å². The van der Waals surface area contributed by atoms with Gasteiger partial charge in [-0.2, -0.15) is 4.31 Å². The minimum Gasteiger partial charge on any atom is -0.366 e. The van der Waals surface area contributed by atoms with Crippen LogP contribution in [0.3, 0.4) is 0 Å². The van der Waals surface area contributed by atoms with Crippen LogP contribution in [-0.4, -0.2) is 52.4 Å². The normalized spacial score (nSPS) is 16.9. The number of alkyl halides is 2. The number of aromatic nitrogens is 3. The number of rotatable bonds is 6. The van der Waals surface area contributed by atoms with E-state index in [1.54, 1.807) is 0 Å². The molecule has 2 N–H and O–H groups in total. The van der Waals surface area contributed by atoms with E-state index in [4.69, 9.17) is 5.73 Å². The van der Waals surface area contributed by atoms with Gasteiger partial charge < -0.3 is 5.73 Å². The number of benzene rings is 2. The maximum Gasteiger partial charge on any atom is 0.250 e. The Bertz CT molecular complexity index is 1370.